The van der Waals surface area contributed by atoms with Gasteiger partial charge < -0.3 is 0 Å². The third kappa shape index (κ3) is 2.97. The summed E-state index contributed by atoms with van der Waals surface area (Å²) in [5.41, 5.74) is -0.432. The highest BCUT2D eigenvalue weighted by molar-refractivity contribution is 7.99. The summed E-state index contributed by atoms with van der Waals surface area (Å²) in [6, 6.07) is 5.09. The molecule has 108 valence electrons. The summed E-state index contributed by atoms with van der Waals surface area (Å²) in [5, 5.41) is 9.16. The van der Waals surface area contributed by atoms with Crippen molar-refractivity contribution in [1.82, 2.24) is 4.72 Å². The number of thioether (sulfide) groups is 1. The Morgan fingerprint density at radius 3 is 2.85 bits per heavy atom. The van der Waals surface area contributed by atoms with Crippen molar-refractivity contribution in [2.45, 2.75) is 35.4 Å². The lowest BCUT2D eigenvalue weighted by Crippen LogP contribution is -2.38. The zero-order valence-corrected chi connectivity index (χ0v) is 12.6. The number of benzene rings is 1. The highest BCUT2D eigenvalue weighted by Crippen LogP contribution is 2.30. The van der Waals surface area contributed by atoms with Crippen LogP contribution in [-0.2, 0) is 10.0 Å². The van der Waals surface area contributed by atoms with Crippen LogP contribution in [0.4, 0.5) is 4.39 Å². The molecule has 1 aromatic rings. The molecule has 0 bridgehead atoms. The highest BCUT2D eigenvalue weighted by Gasteiger charge is 2.32. The van der Waals surface area contributed by atoms with Crippen molar-refractivity contribution < 1.29 is 12.8 Å². The Bertz CT molecular complexity index is 640. The van der Waals surface area contributed by atoms with Gasteiger partial charge in [0, 0.05) is 11.3 Å². The summed E-state index contributed by atoms with van der Waals surface area (Å²) >= 11 is 1.62. The molecule has 2 unspecified atom stereocenters. The van der Waals surface area contributed by atoms with Crippen molar-refractivity contribution in [3.05, 3.63) is 29.6 Å². The van der Waals surface area contributed by atoms with Crippen LogP contribution in [0.15, 0.2) is 23.1 Å². The summed E-state index contributed by atoms with van der Waals surface area (Å²) in [7, 11) is -3.88. The van der Waals surface area contributed by atoms with E-state index in [1.54, 1.807) is 17.8 Å². The Labute approximate surface area is 122 Å². The van der Waals surface area contributed by atoms with Crippen LogP contribution in [0.25, 0.3) is 0 Å². The summed E-state index contributed by atoms with van der Waals surface area (Å²) in [6.45, 7) is 0. The number of nitrogens with one attached hydrogen (secondary N) is 1. The molecule has 0 aromatic heterocycles. The molecule has 1 aliphatic carbocycles. The van der Waals surface area contributed by atoms with Crippen molar-refractivity contribution in [3.8, 4) is 6.07 Å². The van der Waals surface area contributed by atoms with E-state index in [0.29, 0.717) is 0 Å². The summed E-state index contributed by atoms with van der Waals surface area (Å²) in [6.07, 6.45) is 4.64. The molecular weight excluding hydrogens is 299 g/mol. The molecule has 4 nitrogen and oxygen atoms in total. The Morgan fingerprint density at radius 1 is 1.45 bits per heavy atom. The molecule has 1 aliphatic rings. The number of nitriles is 1. The van der Waals surface area contributed by atoms with Gasteiger partial charge >= 0.3 is 0 Å². The van der Waals surface area contributed by atoms with Gasteiger partial charge in [0.15, 0.2) is 0 Å². The first kappa shape index (κ1) is 15.3. The zero-order valence-electron chi connectivity index (χ0n) is 11.0. The second-order valence-electron chi connectivity index (χ2n) is 4.66. The van der Waals surface area contributed by atoms with Crippen LogP contribution in [0.5, 0.6) is 0 Å². The number of nitrogens with zero attached hydrogens (tertiary/aromatic N) is 1. The molecule has 7 heteroatoms. The zero-order chi connectivity index (χ0) is 14.8. The molecule has 2 rings (SSSR count). The Kier molecular flexibility index (Phi) is 4.68. The number of halogens is 1. The molecule has 0 radical (unpaired) electrons. The van der Waals surface area contributed by atoms with Crippen LogP contribution < -0.4 is 4.72 Å². The SMILES string of the molecule is CSC1CCCC1NS(=O)(=O)c1cccc(F)c1C#N. The Morgan fingerprint density at radius 2 is 2.20 bits per heavy atom. The monoisotopic (exact) mass is 314 g/mol. The van der Waals surface area contributed by atoms with Crippen LogP contribution in [0, 0.1) is 17.1 Å². The maximum atomic E-state index is 13.5. The van der Waals surface area contributed by atoms with Crippen LogP contribution in [0.3, 0.4) is 0 Å². The smallest absolute Gasteiger partial charge is 0.207 e. The van der Waals surface area contributed by atoms with Gasteiger partial charge in [0.1, 0.15) is 22.3 Å². The molecule has 0 amide bonds. The first-order chi connectivity index (χ1) is 9.49. The van der Waals surface area contributed by atoms with Gasteiger partial charge in [0.25, 0.3) is 0 Å². The molecule has 1 fully saturated rings. The summed E-state index contributed by atoms with van der Waals surface area (Å²) in [4.78, 5) is -0.285. The lowest BCUT2D eigenvalue weighted by Gasteiger charge is -2.19. The van der Waals surface area contributed by atoms with Gasteiger partial charge in [-0.05, 0) is 31.2 Å². The van der Waals surface area contributed by atoms with E-state index in [4.69, 9.17) is 5.26 Å². The minimum Gasteiger partial charge on any atom is -0.207 e. The Balaban J connectivity index is 2.32. The van der Waals surface area contributed by atoms with Crippen LogP contribution >= 0.6 is 11.8 Å². The van der Waals surface area contributed by atoms with E-state index in [1.165, 1.54) is 12.1 Å². The van der Waals surface area contributed by atoms with E-state index in [2.05, 4.69) is 4.72 Å². The van der Waals surface area contributed by atoms with Gasteiger partial charge in [-0.15, -0.1) is 0 Å². The van der Waals surface area contributed by atoms with Gasteiger partial charge in [0.2, 0.25) is 10.0 Å². The van der Waals surface area contributed by atoms with E-state index >= 15 is 0 Å². The van der Waals surface area contributed by atoms with Crippen LogP contribution in [0.1, 0.15) is 24.8 Å². The molecule has 0 heterocycles. The second-order valence-corrected chi connectivity index (χ2v) is 7.42. The molecule has 2 atom stereocenters. The third-order valence-electron chi connectivity index (χ3n) is 3.44. The van der Waals surface area contributed by atoms with Crippen LogP contribution in [-0.4, -0.2) is 26.0 Å². The highest BCUT2D eigenvalue weighted by atomic mass is 32.2. The predicted octanol–water partition coefficient (Wildman–Crippen LogP) is 2.26. The van der Waals surface area contributed by atoms with Crippen molar-refractivity contribution in [2.24, 2.45) is 0 Å². The van der Waals surface area contributed by atoms with Crippen molar-refractivity contribution in [2.75, 3.05) is 6.26 Å². The van der Waals surface area contributed by atoms with E-state index in [1.807, 2.05) is 6.26 Å². The lowest BCUT2D eigenvalue weighted by molar-refractivity contribution is 0.552. The molecule has 1 N–H and O–H groups in total. The van der Waals surface area contributed by atoms with Crippen molar-refractivity contribution in [3.63, 3.8) is 0 Å². The number of hydrogen-bond acceptors (Lipinski definition) is 4. The fraction of sp³-hybridized carbons (Fsp3) is 0.462. The maximum absolute atomic E-state index is 13.5. The molecule has 1 saturated carbocycles. The lowest BCUT2D eigenvalue weighted by atomic mass is 10.2. The van der Waals surface area contributed by atoms with E-state index in [-0.39, 0.29) is 16.2 Å². The molecular formula is C13H15FN2O2S2. The first-order valence-electron chi connectivity index (χ1n) is 6.23. The minimum absolute atomic E-state index is 0.162. The largest absolute Gasteiger partial charge is 0.242 e. The second kappa shape index (κ2) is 6.12. The average molecular weight is 314 g/mol. The predicted molar refractivity (Wildman–Crippen MR) is 76.4 cm³/mol. The maximum Gasteiger partial charge on any atom is 0.242 e. The number of hydrogen-bond donors (Lipinski definition) is 1. The molecule has 1 aromatic carbocycles. The van der Waals surface area contributed by atoms with Gasteiger partial charge in [-0.2, -0.15) is 17.0 Å². The van der Waals surface area contributed by atoms with Crippen molar-refractivity contribution >= 4 is 21.8 Å². The normalized spacial score (nSPS) is 22.6. The number of rotatable bonds is 4. The topological polar surface area (TPSA) is 70.0 Å². The minimum atomic E-state index is -3.88. The fourth-order valence-corrected chi connectivity index (χ4v) is 4.94. The van der Waals surface area contributed by atoms with E-state index < -0.39 is 21.4 Å². The molecule has 0 aliphatic heterocycles. The van der Waals surface area contributed by atoms with E-state index in [9.17, 15) is 12.8 Å². The standard InChI is InChI=1S/C13H15FN2O2S2/c1-19-12-6-3-5-11(12)16-20(17,18)13-7-2-4-10(14)9(13)8-15/h2,4,7,11-12,16H,3,5-6H2,1H3. The molecule has 0 saturated heterocycles. The van der Waals surface area contributed by atoms with Gasteiger partial charge in [-0.3, -0.25) is 0 Å². The van der Waals surface area contributed by atoms with Crippen LogP contribution in [0.2, 0.25) is 0 Å². The average Bonchev–Trinajstić information content (AvgIpc) is 2.84. The van der Waals surface area contributed by atoms with E-state index in [0.717, 1.165) is 25.3 Å². The third-order valence-corrected chi connectivity index (χ3v) is 6.14. The van der Waals surface area contributed by atoms with Crippen molar-refractivity contribution in [1.29, 1.82) is 5.26 Å². The Hall–Kier alpha value is -1.10. The molecule has 20 heavy (non-hydrogen) atoms. The summed E-state index contributed by atoms with van der Waals surface area (Å²) < 4.78 is 40.8. The molecule has 0 spiro atoms. The number of sulfonamides is 1. The van der Waals surface area contributed by atoms with Gasteiger partial charge in [0.05, 0.1) is 0 Å². The fourth-order valence-electron chi connectivity index (χ4n) is 2.44. The van der Waals surface area contributed by atoms with Gasteiger partial charge in [-0.25, -0.2) is 17.5 Å². The summed E-state index contributed by atoms with van der Waals surface area (Å²) in [5.74, 6) is -0.816. The quantitative estimate of drug-likeness (QED) is 0.925. The first-order valence-corrected chi connectivity index (χ1v) is 9.00. The van der Waals surface area contributed by atoms with Gasteiger partial charge in [-0.1, -0.05) is 12.5 Å².